The maximum absolute atomic E-state index is 5.69. The van der Waals surface area contributed by atoms with Crippen molar-refractivity contribution in [3.8, 4) is 0 Å². The van der Waals surface area contributed by atoms with E-state index in [1.165, 1.54) is 0 Å². The van der Waals surface area contributed by atoms with Crippen LogP contribution >= 0.6 is 0 Å². The molecule has 1 atom stereocenters. The first kappa shape index (κ1) is 14.1. The first-order valence-electron chi connectivity index (χ1n) is 5.54. The highest BCUT2D eigenvalue weighted by Gasteiger charge is 2.34. The number of hydrogen-bond donors (Lipinski definition) is 0. The van der Waals surface area contributed by atoms with E-state index in [1.54, 1.807) is 0 Å². The van der Waals surface area contributed by atoms with E-state index >= 15 is 0 Å². The molecular formula is C10H24O3Si. The summed E-state index contributed by atoms with van der Waals surface area (Å²) < 4.78 is 17.0. The van der Waals surface area contributed by atoms with Gasteiger partial charge in [0.05, 0.1) is 10.2 Å². The standard InChI is InChI=1S/C10H24O3Si/c1-5-9(11-6-2)10(14,12-7-3)13-8-4/h9H,5-8H2,1-4,14H3. The zero-order valence-corrected chi connectivity index (χ0v) is 12.1. The molecule has 0 aromatic heterocycles. The summed E-state index contributed by atoms with van der Waals surface area (Å²) in [6.45, 7) is 10.1. The zero-order chi connectivity index (χ0) is 11.0. The van der Waals surface area contributed by atoms with Crippen LogP contribution in [0.4, 0.5) is 0 Å². The van der Waals surface area contributed by atoms with Gasteiger partial charge in [-0.3, -0.25) is 0 Å². The molecule has 0 aromatic carbocycles. The molecule has 0 heterocycles. The molecule has 0 aliphatic rings. The molecule has 0 bridgehead atoms. The maximum atomic E-state index is 5.69. The molecular weight excluding hydrogens is 196 g/mol. The Labute approximate surface area is 90.5 Å². The Bertz CT molecular complexity index is 135. The van der Waals surface area contributed by atoms with Crippen LogP contribution in [0, 0.1) is 0 Å². The minimum atomic E-state index is -0.464. The fourth-order valence-electron chi connectivity index (χ4n) is 1.64. The van der Waals surface area contributed by atoms with Crippen molar-refractivity contribution in [1.82, 2.24) is 0 Å². The van der Waals surface area contributed by atoms with Crippen LogP contribution in [0.15, 0.2) is 0 Å². The molecule has 0 aromatic rings. The summed E-state index contributed by atoms with van der Waals surface area (Å²) in [7, 11) is 0.825. The van der Waals surface area contributed by atoms with Gasteiger partial charge >= 0.3 is 0 Å². The molecule has 4 heteroatoms. The molecule has 0 saturated heterocycles. The third-order valence-electron chi connectivity index (χ3n) is 2.19. The van der Waals surface area contributed by atoms with E-state index in [0.717, 1.165) is 16.7 Å². The van der Waals surface area contributed by atoms with Crippen LogP contribution in [0.3, 0.4) is 0 Å². The van der Waals surface area contributed by atoms with E-state index in [4.69, 9.17) is 14.2 Å². The van der Waals surface area contributed by atoms with Gasteiger partial charge in [-0.2, -0.15) is 0 Å². The Morgan fingerprint density at radius 2 is 1.50 bits per heavy atom. The fourth-order valence-corrected chi connectivity index (χ4v) is 2.79. The van der Waals surface area contributed by atoms with Crippen molar-refractivity contribution in [3.05, 3.63) is 0 Å². The number of hydrogen-bond acceptors (Lipinski definition) is 3. The van der Waals surface area contributed by atoms with Gasteiger partial charge in [0.25, 0.3) is 0 Å². The lowest BCUT2D eigenvalue weighted by Gasteiger charge is -2.36. The average Bonchev–Trinajstić information content (AvgIpc) is 2.14. The summed E-state index contributed by atoms with van der Waals surface area (Å²) in [5.41, 5.74) is -0.464. The van der Waals surface area contributed by atoms with E-state index in [2.05, 4.69) is 6.92 Å². The second kappa shape index (κ2) is 7.40. The highest BCUT2D eigenvalue weighted by atomic mass is 28.1. The van der Waals surface area contributed by atoms with Crippen molar-refractivity contribution in [2.24, 2.45) is 0 Å². The molecule has 14 heavy (non-hydrogen) atoms. The van der Waals surface area contributed by atoms with Crippen LogP contribution < -0.4 is 0 Å². The van der Waals surface area contributed by atoms with E-state index in [9.17, 15) is 0 Å². The molecule has 0 saturated carbocycles. The van der Waals surface area contributed by atoms with Crippen molar-refractivity contribution in [3.63, 3.8) is 0 Å². The summed E-state index contributed by atoms with van der Waals surface area (Å²) in [5, 5.41) is 0. The first-order valence-corrected chi connectivity index (χ1v) is 6.54. The van der Waals surface area contributed by atoms with Crippen LogP contribution in [0.25, 0.3) is 0 Å². The minimum absolute atomic E-state index is 0.0686. The summed E-state index contributed by atoms with van der Waals surface area (Å²) >= 11 is 0. The van der Waals surface area contributed by atoms with Crippen LogP contribution in [0.5, 0.6) is 0 Å². The third kappa shape index (κ3) is 4.08. The van der Waals surface area contributed by atoms with Gasteiger partial charge in [-0.25, -0.2) is 0 Å². The van der Waals surface area contributed by atoms with Crippen molar-refractivity contribution in [1.29, 1.82) is 0 Å². The molecule has 0 fully saturated rings. The van der Waals surface area contributed by atoms with Crippen LogP contribution in [-0.2, 0) is 14.2 Å². The Kier molecular flexibility index (Phi) is 7.45. The minimum Gasteiger partial charge on any atom is -0.373 e. The second-order valence-corrected chi connectivity index (χ2v) is 4.63. The average molecular weight is 220 g/mol. The summed E-state index contributed by atoms with van der Waals surface area (Å²) in [5.74, 6) is 0. The van der Waals surface area contributed by atoms with Gasteiger partial charge in [0.2, 0.25) is 0 Å². The van der Waals surface area contributed by atoms with E-state index in [-0.39, 0.29) is 6.10 Å². The summed E-state index contributed by atoms with van der Waals surface area (Å²) in [6, 6.07) is 0. The molecule has 86 valence electrons. The molecule has 0 amide bonds. The van der Waals surface area contributed by atoms with E-state index in [1.807, 2.05) is 20.8 Å². The van der Waals surface area contributed by atoms with E-state index < -0.39 is 5.41 Å². The van der Waals surface area contributed by atoms with Crippen LogP contribution in [-0.4, -0.2) is 41.6 Å². The van der Waals surface area contributed by atoms with Gasteiger partial charge in [0.15, 0.2) is 5.41 Å². The monoisotopic (exact) mass is 220 g/mol. The lowest BCUT2D eigenvalue weighted by Crippen LogP contribution is -2.49. The number of rotatable bonds is 8. The van der Waals surface area contributed by atoms with Gasteiger partial charge in [-0.15, -0.1) is 0 Å². The summed E-state index contributed by atoms with van der Waals surface area (Å²) in [6.07, 6.45) is 0.996. The predicted molar refractivity (Wildman–Crippen MR) is 61.6 cm³/mol. The highest BCUT2D eigenvalue weighted by molar-refractivity contribution is 6.13. The van der Waals surface area contributed by atoms with Crippen molar-refractivity contribution in [2.75, 3.05) is 19.8 Å². The van der Waals surface area contributed by atoms with Crippen molar-refractivity contribution < 1.29 is 14.2 Å². The van der Waals surface area contributed by atoms with Crippen molar-refractivity contribution in [2.45, 2.75) is 45.6 Å². The molecule has 0 rings (SSSR count). The normalized spacial score (nSPS) is 14.6. The van der Waals surface area contributed by atoms with E-state index in [0.29, 0.717) is 19.8 Å². The molecule has 0 N–H and O–H groups in total. The van der Waals surface area contributed by atoms with Crippen LogP contribution in [0.1, 0.15) is 34.1 Å². The Morgan fingerprint density at radius 3 is 1.79 bits per heavy atom. The molecule has 0 radical (unpaired) electrons. The SMILES string of the molecule is CCOC(CC)C([SiH3])(OCC)OCC. The topological polar surface area (TPSA) is 27.7 Å². The first-order chi connectivity index (χ1) is 6.64. The second-order valence-electron chi connectivity index (χ2n) is 3.23. The largest absolute Gasteiger partial charge is 0.373 e. The summed E-state index contributed by atoms with van der Waals surface area (Å²) in [4.78, 5) is 0. The molecule has 0 aliphatic carbocycles. The van der Waals surface area contributed by atoms with Gasteiger partial charge in [-0.05, 0) is 27.2 Å². The predicted octanol–water partition coefficient (Wildman–Crippen LogP) is 0.894. The Hall–Kier alpha value is 0.0969. The molecule has 0 spiro atoms. The smallest absolute Gasteiger partial charge is 0.166 e. The lowest BCUT2D eigenvalue weighted by molar-refractivity contribution is -0.235. The molecule has 0 aliphatic heterocycles. The van der Waals surface area contributed by atoms with Gasteiger partial charge in [0.1, 0.15) is 6.10 Å². The van der Waals surface area contributed by atoms with Crippen LogP contribution in [0.2, 0.25) is 0 Å². The molecule has 3 nitrogen and oxygen atoms in total. The lowest BCUT2D eigenvalue weighted by atomic mass is 10.2. The van der Waals surface area contributed by atoms with Crippen molar-refractivity contribution >= 4 is 10.2 Å². The quantitative estimate of drug-likeness (QED) is 0.449. The van der Waals surface area contributed by atoms with Gasteiger partial charge in [-0.1, -0.05) is 6.92 Å². The third-order valence-corrected chi connectivity index (χ3v) is 3.41. The maximum Gasteiger partial charge on any atom is 0.166 e. The fraction of sp³-hybridized carbons (Fsp3) is 1.00. The zero-order valence-electron chi connectivity index (χ0n) is 10.1. The van der Waals surface area contributed by atoms with Gasteiger partial charge < -0.3 is 14.2 Å². The highest BCUT2D eigenvalue weighted by Crippen LogP contribution is 2.20. The Morgan fingerprint density at radius 1 is 1.00 bits per heavy atom. The van der Waals surface area contributed by atoms with Gasteiger partial charge in [0, 0.05) is 19.8 Å². The number of ether oxygens (including phenoxy) is 3. The molecule has 1 unspecified atom stereocenters. The Balaban J connectivity index is 4.39.